The molecule has 0 amide bonds. The third-order valence-corrected chi connectivity index (χ3v) is 5.19. The highest BCUT2D eigenvalue weighted by Gasteiger charge is 2.58. The van der Waals surface area contributed by atoms with Crippen molar-refractivity contribution in [3.63, 3.8) is 0 Å². The lowest BCUT2D eigenvalue weighted by molar-refractivity contribution is -0.163. The molecule has 2 bridgehead atoms. The van der Waals surface area contributed by atoms with Gasteiger partial charge in [-0.2, -0.15) is 0 Å². The Balaban J connectivity index is 1.85. The number of likely N-dealkylation sites (tertiary alicyclic amines) is 1. The maximum Gasteiger partial charge on any atom is 0.320 e. The predicted octanol–water partition coefficient (Wildman–Crippen LogP) is 2.59. The van der Waals surface area contributed by atoms with E-state index >= 15 is 0 Å². The second-order valence-corrected chi connectivity index (χ2v) is 6.42. The Morgan fingerprint density at radius 2 is 2.14 bits per heavy atom. The topological polar surface area (TPSA) is 46.6 Å². The van der Waals surface area contributed by atoms with E-state index in [0.717, 1.165) is 13.0 Å². The van der Waals surface area contributed by atoms with Crippen LogP contribution < -0.4 is 0 Å². The van der Waals surface area contributed by atoms with Gasteiger partial charge in [0, 0.05) is 25.0 Å². The van der Waals surface area contributed by atoms with Crippen molar-refractivity contribution >= 4 is 11.8 Å². The van der Waals surface area contributed by atoms with Crippen LogP contribution in [0.25, 0.3) is 0 Å². The maximum atomic E-state index is 12.6. The first-order valence-electron chi connectivity index (χ1n) is 8.09. The number of hydrogen-bond acceptors (Lipinski definition) is 4. The molecule has 2 fully saturated rings. The van der Waals surface area contributed by atoms with E-state index in [1.54, 1.807) is 6.92 Å². The third kappa shape index (κ3) is 2.35. The summed E-state index contributed by atoms with van der Waals surface area (Å²) in [7, 11) is 0. The number of nitrogens with zero attached hydrogens (tertiary/aromatic N) is 1. The highest BCUT2D eigenvalue weighted by Crippen LogP contribution is 2.46. The van der Waals surface area contributed by atoms with Gasteiger partial charge in [-0.1, -0.05) is 30.3 Å². The zero-order valence-corrected chi connectivity index (χ0v) is 13.2. The summed E-state index contributed by atoms with van der Waals surface area (Å²) in [5.41, 5.74) is 0.289. The summed E-state index contributed by atoms with van der Waals surface area (Å²) >= 11 is 0. The van der Waals surface area contributed by atoms with E-state index in [-0.39, 0.29) is 23.7 Å². The van der Waals surface area contributed by atoms with Crippen LogP contribution in [-0.2, 0) is 14.3 Å². The lowest BCUT2D eigenvalue weighted by Gasteiger charge is -2.40. The van der Waals surface area contributed by atoms with Gasteiger partial charge in [-0.15, -0.1) is 0 Å². The van der Waals surface area contributed by atoms with Crippen LogP contribution in [0.1, 0.15) is 38.3 Å². The lowest BCUT2D eigenvalue weighted by atomic mass is 9.80. The van der Waals surface area contributed by atoms with E-state index in [9.17, 15) is 9.59 Å². The van der Waals surface area contributed by atoms with Crippen LogP contribution in [0.15, 0.2) is 30.3 Å². The van der Waals surface area contributed by atoms with Crippen LogP contribution in [0.2, 0.25) is 0 Å². The minimum absolute atomic E-state index is 0.0238. The Hall–Kier alpha value is -1.68. The average molecular weight is 301 g/mol. The fourth-order valence-electron chi connectivity index (χ4n) is 3.87. The predicted molar refractivity (Wildman–Crippen MR) is 83.2 cm³/mol. The largest absolute Gasteiger partial charge is 0.465 e. The molecule has 0 radical (unpaired) electrons. The molecule has 4 nitrogen and oxygen atoms in total. The summed E-state index contributed by atoms with van der Waals surface area (Å²) in [5, 5.41) is 0. The number of hydrogen-bond donors (Lipinski definition) is 0. The highest BCUT2D eigenvalue weighted by molar-refractivity contribution is 6.07. The summed E-state index contributed by atoms with van der Waals surface area (Å²) in [5.74, 6) is -0.251. The molecule has 1 heterocycles. The second kappa shape index (κ2) is 5.84. The summed E-state index contributed by atoms with van der Waals surface area (Å²) in [6, 6.07) is 10.4. The SMILES string of the molecule is CCOC(=O)[C@]12CC[C@H](CN([C@@H](C)c3ccccc3)C1)C2=O. The summed E-state index contributed by atoms with van der Waals surface area (Å²) in [6.45, 7) is 5.49. The third-order valence-electron chi connectivity index (χ3n) is 5.19. The fourth-order valence-corrected chi connectivity index (χ4v) is 3.87. The Kier molecular flexibility index (Phi) is 4.04. The minimum atomic E-state index is -0.929. The number of benzene rings is 1. The normalized spacial score (nSPS) is 29.4. The molecule has 0 spiro atoms. The number of fused-ring (bicyclic) bond motifs is 2. The van der Waals surface area contributed by atoms with Gasteiger partial charge in [0.2, 0.25) is 0 Å². The Morgan fingerprint density at radius 1 is 1.41 bits per heavy atom. The lowest BCUT2D eigenvalue weighted by Crippen LogP contribution is -2.54. The second-order valence-electron chi connectivity index (χ2n) is 6.42. The van der Waals surface area contributed by atoms with E-state index in [4.69, 9.17) is 4.74 Å². The van der Waals surface area contributed by atoms with Gasteiger partial charge in [0.15, 0.2) is 5.78 Å². The smallest absolute Gasteiger partial charge is 0.320 e. The molecule has 0 unspecified atom stereocenters. The van der Waals surface area contributed by atoms with Gasteiger partial charge in [0.05, 0.1) is 6.61 Å². The van der Waals surface area contributed by atoms with Gasteiger partial charge in [-0.05, 0) is 32.3 Å². The quantitative estimate of drug-likeness (QED) is 0.633. The Bertz CT molecular complexity index is 571. The zero-order valence-electron chi connectivity index (χ0n) is 13.2. The molecule has 2 aliphatic rings. The van der Waals surface area contributed by atoms with Crippen LogP contribution in [-0.4, -0.2) is 36.3 Å². The molecule has 3 atom stereocenters. The molecule has 1 aromatic carbocycles. The Morgan fingerprint density at radius 3 is 2.82 bits per heavy atom. The van der Waals surface area contributed by atoms with E-state index in [0.29, 0.717) is 19.6 Å². The number of piperidine rings is 1. The number of carbonyl (C=O) groups excluding carboxylic acids is 2. The molecule has 0 aromatic heterocycles. The first kappa shape index (κ1) is 15.2. The minimum Gasteiger partial charge on any atom is -0.465 e. The summed E-state index contributed by atoms with van der Waals surface area (Å²) in [6.07, 6.45) is 1.43. The number of esters is 1. The zero-order chi connectivity index (χ0) is 15.7. The molecule has 118 valence electrons. The molecule has 1 saturated carbocycles. The number of ketones is 1. The van der Waals surface area contributed by atoms with E-state index in [2.05, 4.69) is 24.0 Å². The van der Waals surface area contributed by atoms with Crippen molar-refractivity contribution < 1.29 is 14.3 Å². The van der Waals surface area contributed by atoms with Crippen LogP contribution in [0, 0.1) is 11.3 Å². The molecule has 3 rings (SSSR count). The van der Waals surface area contributed by atoms with Gasteiger partial charge in [0.25, 0.3) is 0 Å². The number of carbonyl (C=O) groups is 2. The highest BCUT2D eigenvalue weighted by atomic mass is 16.5. The van der Waals surface area contributed by atoms with Gasteiger partial charge in [-0.3, -0.25) is 14.5 Å². The molecular formula is C18H23NO3. The van der Waals surface area contributed by atoms with Crippen LogP contribution >= 0.6 is 0 Å². The van der Waals surface area contributed by atoms with E-state index < -0.39 is 5.41 Å². The number of Topliss-reactive ketones (excluding diaryl/α,β-unsaturated/α-hetero) is 1. The van der Waals surface area contributed by atoms with E-state index in [1.807, 2.05) is 18.2 Å². The number of rotatable bonds is 4. The summed E-state index contributed by atoms with van der Waals surface area (Å²) < 4.78 is 5.22. The first-order valence-corrected chi connectivity index (χ1v) is 8.09. The van der Waals surface area contributed by atoms with Crippen LogP contribution in [0.3, 0.4) is 0 Å². The standard InChI is InChI=1S/C18H23NO3/c1-3-22-17(21)18-10-9-15(16(18)20)11-19(12-18)13(2)14-7-5-4-6-8-14/h4-8,13,15H,3,9-12H2,1-2H3/t13-,15+,18+/m0/s1. The van der Waals surface area contributed by atoms with Gasteiger partial charge in [-0.25, -0.2) is 0 Å². The van der Waals surface area contributed by atoms with Crippen molar-refractivity contribution in [2.24, 2.45) is 11.3 Å². The van der Waals surface area contributed by atoms with Gasteiger partial charge < -0.3 is 4.74 Å². The molecule has 1 aliphatic carbocycles. The molecular weight excluding hydrogens is 278 g/mol. The molecule has 22 heavy (non-hydrogen) atoms. The maximum absolute atomic E-state index is 12.6. The van der Waals surface area contributed by atoms with Crippen molar-refractivity contribution in [1.29, 1.82) is 0 Å². The molecule has 1 saturated heterocycles. The van der Waals surface area contributed by atoms with E-state index in [1.165, 1.54) is 5.56 Å². The van der Waals surface area contributed by atoms with Crippen molar-refractivity contribution in [3.8, 4) is 0 Å². The molecule has 4 heteroatoms. The van der Waals surface area contributed by atoms with Crippen LogP contribution in [0.4, 0.5) is 0 Å². The van der Waals surface area contributed by atoms with Gasteiger partial charge >= 0.3 is 5.97 Å². The van der Waals surface area contributed by atoms with Crippen molar-refractivity contribution in [3.05, 3.63) is 35.9 Å². The van der Waals surface area contributed by atoms with Crippen LogP contribution in [0.5, 0.6) is 0 Å². The van der Waals surface area contributed by atoms with Crippen molar-refractivity contribution in [2.45, 2.75) is 32.7 Å². The Labute approximate surface area is 131 Å². The monoisotopic (exact) mass is 301 g/mol. The van der Waals surface area contributed by atoms with Crippen molar-refractivity contribution in [2.75, 3.05) is 19.7 Å². The number of ether oxygens (including phenoxy) is 1. The molecule has 1 aliphatic heterocycles. The molecule has 0 N–H and O–H groups in total. The van der Waals surface area contributed by atoms with Gasteiger partial charge in [0.1, 0.15) is 5.41 Å². The average Bonchev–Trinajstić information content (AvgIpc) is 2.75. The van der Waals surface area contributed by atoms with Crippen molar-refractivity contribution in [1.82, 2.24) is 4.90 Å². The first-order chi connectivity index (χ1) is 10.6. The fraction of sp³-hybridized carbons (Fsp3) is 0.556. The molecule has 1 aromatic rings. The summed E-state index contributed by atoms with van der Waals surface area (Å²) in [4.78, 5) is 27.3.